The zero-order valence-corrected chi connectivity index (χ0v) is 5.92. The molecule has 0 bridgehead atoms. The van der Waals surface area contributed by atoms with Gasteiger partial charge in [0.1, 0.15) is 0 Å². The van der Waals surface area contributed by atoms with Crippen molar-refractivity contribution in [3.05, 3.63) is 0 Å². The summed E-state index contributed by atoms with van der Waals surface area (Å²) in [5.41, 5.74) is 0. The van der Waals surface area contributed by atoms with Crippen molar-refractivity contribution in [3.63, 3.8) is 0 Å². The Labute approximate surface area is 48.9 Å². The van der Waals surface area contributed by atoms with E-state index < -0.39 is 8.03 Å². The fraction of sp³-hybridized carbons (Fsp3) is 1.00. The first-order valence-electron chi connectivity index (χ1n) is 2.16. The van der Waals surface area contributed by atoms with Gasteiger partial charge in [0, 0.05) is 0 Å². The van der Waals surface area contributed by atoms with Crippen molar-refractivity contribution < 1.29 is 14.5 Å². The van der Waals surface area contributed by atoms with Crippen molar-refractivity contribution >= 4 is 8.03 Å². The Hall–Kier alpha value is 0.110. The maximum Gasteiger partial charge on any atom is 0.237 e. The van der Waals surface area contributed by atoms with Gasteiger partial charge in [0.2, 0.25) is 8.03 Å². The lowest BCUT2D eigenvalue weighted by Crippen LogP contribution is -2.09. The molecule has 0 amide bonds. The molecule has 5 heteroatoms. The number of nitrogens with zero attached hydrogens (tertiary/aromatic N) is 1. The summed E-state index contributed by atoms with van der Waals surface area (Å²) in [6.45, 7) is 0. The summed E-state index contributed by atoms with van der Waals surface area (Å²) >= 11 is 0. The lowest BCUT2D eigenvalue weighted by Gasteiger charge is -2.05. The molecular weight excluding hydrogens is 129 g/mol. The number of hydrogen-bond donors (Lipinski definition) is 1. The van der Waals surface area contributed by atoms with E-state index in [4.69, 9.17) is 5.26 Å². The molecular formula is C3H10NO3P. The first-order chi connectivity index (χ1) is 3.66. The summed E-state index contributed by atoms with van der Waals surface area (Å²) in [4.78, 5) is 1.68. The Balaban J connectivity index is 3.25. The number of rotatable bonds is 3. The summed E-state index contributed by atoms with van der Waals surface area (Å²) in [6.07, 6.45) is 0.293. The van der Waals surface area contributed by atoms with E-state index in [0.29, 0.717) is 6.29 Å². The summed E-state index contributed by atoms with van der Waals surface area (Å²) in [5.74, 6) is 0. The average molecular weight is 139 g/mol. The van der Waals surface area contributed by atoms with Crippen LogP contribution in [0.1, 0.15) is 0 Å². The molecule has 1 unspecified atom stereocenters. The highest BCUT2D eigenvalue weighted by Gasteiger charge is 1.97. The molecule has 4 nitrogen and oxygen atoms in total. The SMILES string of the molecule is CN(C)C[PH](=O)OO. The van der Waals surface area contributed by atoms with Crippen LogP contribution in [0.2, 0.25) is 0 Å². The molecule has 0 aliphatic rings. The van der Waals surface area contributed by atoms with Crippen molar-refractivity contribution in [1.29, 1.82) is 0 Å². The van der Waals surface area contributed by atoms with Crippen LogP contribution >= 0.6 is 8.03 Å². The predicted molar refractivity (Wildman–Crippen MR) is 31.3 cm³/mol. The molecule has 0 rings (SSSR count). The molecule has 1 atom stereocenters. The molecule has 0 saturated carbocycles. The van der Waals surface area contributed by atoms with E-state index in [1.165, 1.54) is 0 Å². The van der Waals surface area contributed by atoms with Crippen molar-refractivity contribution in [2.45, 2.75) is 0 Å². The molecule has 0 heterocycles. The van der Waals surface area contributed by atoms with E-state index in [-0.39, 0.29) is 0 Å². The molecule has 50 valence electrons. The van der Waals surface area contributed by atoms with Crippen LogP contribution in [-0.4, -0.2) is 30.5 Å². The van der Waals surface area contributed by atoms with Gasteiger partial charge in [-0.1, -0.05) is 0 Å². The summed E-state index contributed by atoms with van der Waals surface area (Å²) < 4.78 is 13.9. The summed E-state index contributed by atoms with van der Waals surface area (Å²) in [7, 11) is 1.31. The van der Waals surface area contributed by atoms with Crippen LogP contribution in [0.5, 0.6) is 0 Å². The van der Waals surface area contributed by atoms with Gasteiger partial charge in [-0.15, -0.1) is 0 Å². The Morgan fingerprint density at radius 3 is 2.38 bits per heavy atom. The zero-order valence-electron chi connectivity index (χ0n) is 4.92. The molecule has 1 N–H and O–H groups in total. The van der Waals surface area contributed by atoms with Gasteiger partial charge in [0.05, 0.1) is 6.29 Å². The van der Waals surface area contributed by atoms with Crippen LogP contribution in [-0.2, 0) is 9.24 Å². The van der Waals surface area contributed by atoms with Gasteiger partial charge >= 0.3 is 0 Å². The minimum absolute atomic E-state index is 0.293. The second-order valence-corrected chi connectivity index (χ2v) is 2.94. The van der Waals surface area contributed by atoms with Crippen LogP contribution in [0.25, 0.3) is 0 Å². The quantitative estimate of drug-likeness (QED) is 0.351. The van der Waals surface area contributed by atoms with Crippen molar-refractivity contribution in [2.75, 3.05) is 20.4 Å². The second-order valence-electron chi connectivity index (χ2n) is 1.70. The minimum atomic E-state index is -2.20. The molecule has 8 heavy (non-hydrogen) atoms. The Morgan fingerprint density at radius 2 is 2.25 bits per heavy atom. The number of hydrogen-bond acceptors (Lipinski definition) is 4. The fourth-order valence-electron chi connectivity index (χ4n) is 0.287. The molecule has 0 aromatic heterocycles. The molecule has 0 aromatic rings. The summed E-state index contributed by atoms with van der Waals surface area (Å²) in [6, 6.07) is 0. The lowest BCUT2D eigenvalue weighted by atomic mass is 11.0. The fourth-order valence-corrected chi connectivity index (χ4v) is 0.861. The van der Waals surface area contributed by atoms with Crippen LogP contribution in [0.15, 0.2) is 0 Å². The van der Waals surface area contributed by atoms with Gasteiger partial charge in [-0.05, 0) is 14.1 Å². The van der Waals surface area contributed by atoms with E-state index in [1.807, 2.05) is 0 Å². The van der Waals surface area contributed by atoms with Gasteiger partial charge in [0.25, 0.3) is 0 Å². The minimum Gasteiger partial charge on any atom is -0.301 e. The lowest BCUT2D eigenvalue weighted by molar-refractivity contribution is -0.130. The third-order valence-electron chi connectivity index (χ3n) is 0.547. The van der Waals surface area contributed by atoms with E-state index in [9.17, 15) is 4.57 Å². The highest BCUT2D eigenvalue weighted by molar-refractivity contribution is 7.38. The maximum atomic E-state index is 10.3. The van der Waals surface area contributed by atoms with Crippen LogP contribution in [0.3, 0.4) is 0 Å². The first-order valence-corrected chi connectivity index (χ1v) is 3.68. The van der Waals surface area contributed by atoms with Crippen LogP contribution < -0.4 is 0 Å². The van der Waals surface area contributed by atoms with Crippen LogP contribution in [0.4, 0.5) is 0 Å². The first kappa shape index (κ1) is 8.11. The van der Waals surface area contributed by atoms with E-state index in [2.05, 4.69) is 4.67 Å². The summed E-state index contributed by atoms with van der Waals surface area (Å²) in [5, 5.41) is 7.79. The van der Waals surface area contributed by atoms with Gasteiger partial charge in [0.15, 0.2) is 0 Å². The van der Waals surface area contributed by atoms with Crippen molar-refractivity contribution in [2.24, 2.45) is 0 Å². The van der Waals surface area contributed by atoms with E-state index in [0.717, 1.165) is 0 Å². The molecule has 0 radical (unpaired) electrons. The Morgan fingerprint density at radius 1 is 1.75 bits per heavy atom. The highest BCUT2D eigenvalue weighted by atomic mass is 31.1. The normalized spacial score (nSPS) is 14.5. The van der Waals surface area contributed by atoms with Gasteiger partial charge in [-0.2, -0.15) is 4.67 Å². The zero-order chi connectivity index (χ0) is 6.57. The van der Waals surface area contributed by atoms with E-state index in [1.54, 1.807) is 19.0 Å². The predicted octanol–water partition coefficient (Wildman–Crippen LogP) is 0.470. The Kier molecular flexibility index (Phi) is 4.09. The molecule has 0 aliphatic carbocycles. The van der Waals surface area contributed by atoms with Crippen molar-refractivity contribution in [3.8, 4) is 0 Å². The maximum absolute atomic E-state index is 10.3. The van der Waals surface area contributed by atoms with Crippen molar-refractivity contribution in [1.82, 2.24) is 4.90 Å². The molecule has 0 aliphatic heterocycles. The Bertz CT molecular complexity index is 84.6. The van der Waals surface area contributed by atoms with E-state index >= 15 is 0 Å². The molecule has 0 spiro atoms. The smallest absolute Gasteiger partial charge is 0.237 e. The average Bonchev–Trinajstić information content (AvgIpc) is 1.65. The second kappa shape index (κ2) is 4.04. The topological polar surface area (TPSA) is 49.8 Å². The standard InChI is InChI=1S/C3H10NO3P/c1-4(2)3-8(6)7-5/h5,8H,3H2,1-2H3. The molecule has 0 fully saturated rings. The molecule has 0 saturated heterocycles. The monoisotopic (exact) mass is 139 g/mol. The van der Waals surface area contributed by atoms with Gasteiger partial charge in [-0.25, -0.2) is 5.26 Å². The highest BCUT2D eigenvalue weighted by Crippen LogP contribution is 2.18. The molecule has 0 aromatic carbocycles. The van der Waals surface area contributed by atoms with Gasteiger partial charge in [-0.3, -0.25) is 4.57 Å². The third-order valence-corrected chi connectivity index (χ3v) is 1.64. The van der Waals surface area contributed by atoms with Gasteiger partial charge < -0.3 is 4.90 Å². The van der Waals surface area contributed by atoms with Crippen LogP contribution in [0, 0.1) is 0 Å². The third kappa shape index (κ3) is 4.27. The largest absolute Gasteiger partial charge is 0.301 e.